The smallest absolute Gasteiger partial charge is 0.328 e. The zero-order valence-electron chi connectivity index (χ0n) is 17.4. The Kier molecular flexibility index (Phi) is 17.1. The molecule has 0 aromatic rings. The average Bonchev–Trinajstić information content (AvgIpc) is 2.62. The number of aliphatic carboxylic acids is 1. The molecule has 0 radical (unpaired) electrons. The van der Waals surface area contributed by atoms with E-state index in [0.717, 1.165) is 32.1 Å². The van der Waals surface area contributed by atoms with Crippen molar-refractivity contribution in [2.24, 2.45) is 0 Å². The van der Waals surface area contributed by atoms with E-state index in [2.05, 4.69) is 24.4 Å². The Morgan fingerprint density at radius 3 is 1.81 bits per heavy atom. The third-order valence-corrected chi connectivity index (χ3v) is 4.73. The summed E-state index contributed by atoms with van der Waals surface area (Å²) in [5.41, 5.74) is 0. The van der Waals surface area contributed by atoms with Crippen molar-refractivity contribution in [2.45, 2.75) is 116 Å². The van der Waals surface area contributed by atoms with Crippen LogP contribution in [0.5, 0.6) is 0 Å². The van der Waals surface area contributed by atoms with E-state index in [4.69, 9.17) is 5.11 Å². The molecule has 0 spiro atoms. The molecule has 1 amide bonds. The molecular formula is C22H41NO4. The summed E-state index contributed by atoms with van der Waals surface area (Å²) in [4.78, 5) is 22.6. The largest absolute Gasteiger partial charge is 0.480 e. The van der Waals surface area contributed by atoms with Crippen LogP contribution in [0.3, 0.4) is 0 Å². The molecule has 0 bridgehead atoms. The third kappa shape index (κ3) is 16.5. The lowest BCUT2D eigenvalue weighted by Gasteiger charge is -2.16. The number of allylic oxidation sites excluding steroid dienone is 2. The maximum atomic E-state index is 11.7. The third-order valence-electron chi connectivity index (χ3n) is 4.73. The fourth-order valence-corrected chi connectivity index (χ4v) is 2.99. The second kappa shape index (κ2) is 18.0. The van der Waals surface area contributed by atoms with Gasteiger partial charge in [-0.25, -0.2) is 4.79 Å². The number of carboxylic acids is 1. The van der Waals surface area contributed by atoms with Crippen molar-refractivity contribution in [3.8, 4) is 0 Å². The highest BCUT2D eigenvalue weighted by atomic mass is 16.4. The molecule has 5 nitrogen and oxygen atoms in total. The summed E-state index contributed by atoms with van der Waals surface area (Å²) < 4.78 is 0. The van der Waals surface area contributed by atoms with Gasteiger partial charge in [0.05, 0.1) is 6.10 Å². The van der Waals surface area contributed by atoms with Gasteiger partial charge in [0.25, 0.3) is 0 Å². The van der Waals surface area contributed by atoms with Crippen LogP contribution in [0.1, 0.15) is 104 Å². The van der Waals surface area contributed by atoms with Crippen LogP contribution in [-0.2, 0) is 9.59 Å². The molecule has 27 heavy (non-hydrogen) atoms. The van der Waals surface area contributed by atoms with Gasteiger partial charge in [0.1, 0.15) is 0 Å². The maximum absolute atomic E-state index is 11.7. The van der Waals surface area contributed by atoms with Gasteiger partial charge in [0.2, 0.25) is 5.91 Å². The van der Waals surface area contributed by atoms with E-state index in [0.29, 0.717) is 6.42 Å². The number of unbranched alkanes of at least 4 members (excludes halogenated alkanes) is 11. The summed E-state index contributed by atoms with van der Waals surface area (Å²) in [5, 5.41) is 20.6. The number of nitrogens with one attached hydrogen (secondary N) is 1. The van der Waals surface area contributed by atoms with Gasteiger partial charge in [-0.1, -0.05) is 70.4 Å². The lowest BCUT2D eigenvalue weighted by atomic mass is 10.1. The van der Waals surface area contributed by atoms with Gasteiger partial charge in [-0.05, 0) is 39.0 Å². The second-order valence-electron chi connectivity index (χ2n) is 7.46. The molecule has 5 heteroatoms. The van der Waals surface area contributed by atoms with Crippen LogP contribution in [-0.4, -0.2) is 34.2 Å². The molecule has 158 valence electrons. The molecule has 3 N–H and O–H groups in total. The van der Waals surface area contributed by atoms with Gasteiger partial charge in [-0.15, -0.1) is 0 Å². The van der Waals surface area contributed by atoms with Gasteiger partial charge in [0, 0.05) is 6.42 Å². The van der Waals surface area contributed by atoms with Crippen molar-refractivity contribution in [3.05, 3.63) is 12.2 Å². The van der Waals surface area contributed by atoms with Crippen molar-refractivity contribution < 1.29 is 19.8 Å². The highest BCUT2D eigenvalue weighted by Crippen LogP contribution is 2.10. The van der Waals surface area contributed by atoms with E-state index < -0.39 is 18.1 Å². The molecule has 0 aliphatic rings. The number of aliphatic hydroxyl groups is 1. The first-order valence-electron chi connectivity index (χ1n) is 10.8. The van der Waals surface area contributed by atoms with Crippen molar-refractivity contribution in [1.29, 1.82) is 0 Å². The number of carbonyl (C=O) groups is 2. The van der Waals surface area contributed by atoms with Gasteiger partial charge in [0.15, 0.2) is 6.04 Å². The standard InChI is InChI=1S/C22H41NO4/c1-3-4-5-6-7-8-9-10-11-12-13-14-15-16-17-18-20(25)23-21(19(2)24)22(26)27/h10-11,19,21,24H,3-9,12-18H2,1-2H3,(H,23,25)(H,26,27)/b11-10+/t19-,21+/m1/s1. The number of carbonyl (C=O) groups excluding carboxylic acids is 1. The van der Waals surface area contributed by atoms with Crippen LogP contribution < -0.4 is 5.32 Å². The molecule has 0 heterocycles. The van der Waals surface area contributed by atoms with E-state index in [1.54, 1.807) is 0 Å². The predicted molar refractivity (Wildman–Crippen MR) is 111 cm³/mol. The van der Waals surface area contributed by atoms with Crippen molar-refractivity contribution in [2.75, 3.05) is 0 Å². The summed E-state index contributed by atoms with van der Waals surface area (Å²) in [6, 6.07) is -1.22. The van der Waals surface area contributed by atoms with Crippen molar-refractivity contribution in [3.63, 3.8) is 0 Å². The Morgan fingerprint density at radius 1 is 0.852 bits per heavy atom. The average molecular weight is 384 g/mol. The number of hydrogen-bond acceptors (Lipinski definition) is 3. The molecule has 0 fully saturated rings. The molecule has 0 aromatic carbocycles. The zero-order chi connectivity index (χ0) is 20.3. The van der Waals surface area contributed by atoms with Crippen LogP contribution in [0.15, 0.2) is 12.2 Å². The molecule has 0 aromatic heterocycles. The molecule has 0 aliphatic carbocycles. The molecule has 2 atom stereocenters. The second-order valence-corrected chi connectivity index (χ2v) is 7.46. The van der Waals surface area contributed by atoms with Crippen LogP contribution in [0.4, 0.5) is 0 Å². The van der Waals surface area contributed by atoms with Crippen LogP contribution in [0, 0.1) is 0 Å². The highest BCUT2D eigenvalue weighted by molar-refractivity contribution is 5.83. The van der Waals surface area contributed by atoms with Gasteiger partial charge < -0.3 is 15.5 Å². The maximum Gasteiger partial charge on any atom is 0.328 e. The lowest BCUT2D eigenvalue weighted by Crippen LogP contribution is -2.47. The van der Waals surface area contributed by atoms with E-state index in [1.807, 2.05) is 0 Å². The molecular weight excluding hydrogens is 342 g/mol. The van der Waals surface area contributed by atoms with Crippen LogP contribution in [0.2, 0.25) is 0 Å². The first-order valence-corrected chi connectivity index (χ1v) is 10.8. The first-order chi connectivity index (χ1) is 13.0. The summed E-state index contributed by atoms with van der Waals surface area (Å²) in [5.74, 6) is -1.51. The van der Waals surface area contributed by atoms with E-state index >= 15 is 0 Å². The summed E-state index contributed by atoms with van der Waals surface area (Å²) in [7, 11) is 0. The summed E-state index contributed by atoms with van der Waals surface area (Å²) in [6.07, 6.45) is 19.4. The Morgan fingerprint density at radius 2 is 1.33 bits per heavy atom. The highest BCUT2D eigenvalue weighted by Gasteiger charge is 2.24. The summed E-state index contributed by atoms with van der Waals surface area (Å²) >= 11 is 0. The Bertz CT molecular complexity index is 407. The molecule has 0 aliphatic heterocycles. The van der Waals surface area contributed by atoms with E-state index in [-0.39, 0.29) is 5.91 Å². The number of carboxylic acid groups (broad SMARTS) is 1. The quantitative estimate of drug-likeness (QED) is 0.230. The van der Waals surface area contributed by atoms with Gasteiger partial charge >= 0.3 is 5.97 Å². The topological polar surface area (TPSA) is 86.6 Å². The normalized spacial score (nSPS) is 13.6. The lowest BCUT2D eigenvalue weighted by molar-refractivity contribution is -0.144. The predicted octanol–water partition coefficient (Wildman–Crippen LogP) is 4.97. The summed E-state index contributed by atoms with van der Waals surface area (Å²) in [6.45, 7) is 3.61. The molecule has 0 saturated heterocycles. The number of aliphatic hydroxyl groups excluding tert-OH is 1. The Labute approximate surface area is 165 Å². The fraction of sp³-hybridized carbons (Fsp3) is 0.818. The van der Waals surface area contributed by atoms with E-state index in [1.165, 1.54) is 58.3 Å². The number of amides is 1. The molecule has 0 rings (SSSR count). The molecule has 0 saturated carbocycles. The van der Waals surface area contributed by atoms with Crippen LogP contribution in [0.25, 0.3) is 0 Å². The fourth-order valence-electron chi connectivity index (χ4n) is 2.99. The first kappa shape index (κ1) is 25.6. The Balaban J connectivity index is 3.45. The SMILES string of the molecule is CCCCCCCC/C=C/CCCCCCCC(=O)N[C@H](C(=O)O)[C@@H](C)O. The van der Waals surface area contributed by atoms with Gasteiger partial charge in [-0.2, -0.15) is 0 Å². The molecule has 0 unspecified atom stereocenters. The minimum Gasteiger partial charge on any atom is -0.480 e. The van der Waals surface area contributed by atoms with Crippen molar-refractivity contribution in [1.82, 2.24) is 5.32 Å². The zero-order valence-corrected chi connectivity index (χ0v) is 17.4. The minimum atomic E-state index is -1.22. The van der Waals surface area contributed by atoms with Crippen LogP contribution >= 0.6 is 0 Å². The van der Waals surface area contributed by atoms with Crippen molar-refractivity contribution >= 4 is 11.9 Å². The monoisotopic (exact) mass is 383 g/mol. The number of rotatable bonds is 18. The van der Waals surface area contributed by atoms with E-state index in [9.17, 15) is 14.7 Å². The number of hydrogen-bond donors (Lipinski definition) is 3. The Hall–Kier alpha value is -1.36. The van der Waals surface area contributed by atoms with Gasteiger partial charge in [-0.3, -0.25) is 4.79 Å². The minimum absolute atomic E-state index is 0.305.